The minimum Gasteiger partial charge on any atom is -0.378 e. The van der Waals surface area contributed by atoms with Crippen LogP contribution in [0.3, 0.4) is 0 Å². The molecule has 0 fully saturated rings. The van der Waals surface area contributed by atoms with Crippen molar-refractivity contribution in [2.75, 3.05) is 19.6 Å². The lowest BCUT2D eigenvalue weighted by Crippen LogP contribution is -2.23. The molecule has 1 aliphatic heterocycles. The summed E-state index contributed by atoms with van der Waals surface area (Å²) in [6.45, 7) is 3.16. The SMILES string of the molecule is NCCCN1C=CCCC1. The van der Waals surface area contributed by atoms with Crippen molar-refractivity contribution in [3.8, 4) is 0 Å². The molecule has 0 aromatic carbocycles. The molecule has 2 N–H and O–H groups in total. The second-order valence-corrected chi connectivity index (χ2v) is 2.71. The van der Waals surface area contributed by atoms with E-state index in [9.17, 15) is 0 Å². The van der Waals surface area contributed by atoms with E-state index in [0.717, 1.165) is 19.5 Å². The Bertz CT molecular complexity index is 110. The van der Waals surface area contributed by atoms with Gasteiger partial charge in [0.15, 0.2) is 0 Å². The van der Waals surface area contributed by atoms with Gasteiger partial charge in [-0.15, -0.1) is 0 Å². The van der Waals surface area contributed by atoms with Gasteiger partial charge in [-0.2, -0.15) is 0 Å². The lowest BCUT2D eigenvalue weighted by molar-refractivity contribution is 0.352. The fourth-order valence-electron chi connectivity index (χ4n) is 1.19. The predicted molar refractivity (Wildman–Crippen MR) is 43.6 cm³/mol. The van der Waals surface area contributed by atoms with E-state index in [4.69, 9.17) is 5.73 Å². The van der Waals surface area contributed by atoms with Crippen molar-refractivity contribution in [2.45, 2.75) is 19.3 Å². The zero-order valence-electron chi connectivity index (χ0n) is 6.42. The van der Waals surface area contributed by atoms with E-state index in [-0.39, 0.29) is 0 Å². The van der Waals surface area contributed by atoms with Crippen LogP contribution in [0.15, 0.2) is 12.3 Å². The summed E-state index contributed by atoms with van der Waals surface area (Å²) >= 11 is 0. The van der Waals surface area contributed by atoms with Crippen LogP contribution in [-0.2, 0) is 0 Å². The Labute approximate surface area is 62.7 Å². The zero-order chi connectivity index (χ0) is 7.23. The molecule has 1 heterocycles. The highest BCUT2D eigenvalue weighted by Gasteiger charge is 2.00. The van der Waals surface area contributed by atoms with Crippen molar-refractivity contribution in [1.82, 2.24) is 4.90 Å². The molecular weight excluding hydrogens is 124 g/mol. The highest BCUT2D eigenvalue weighted by Crippen LogP contribution is 2.04. The Morgan fingerprint density at radius 2 is 2.40 bits per heavy atom. The highest BCUT2D eigenvalue weighted by molar-refractivity contribution is 4.87. The molecule has 1 rings (SSSR count). The van der Waals surface area contributed by atoms with Crippen molar-refractivity contribution >= 4 is 0 Å². The van der Waals surface area contributed by atoms with Gasteiger partial charge in [0.2, 0.25) is 0 Å². The Hall–Kier alpha value is -0.500. The monoisotopic (exact) mass is 140 g/mol. The van der Waals surface area contributed by atoms with Crippen LogP contribution in [0.1, 0.15) is 19.3 Å². The van der Waals surface area contributed by atoms with E-state index < -0.39 is 0 Å². The van der Waals surface area contributed by atoms with Crippen LogP contribution in [0.4, 0.5) is 0 Å². The van der Waals surface area contributed by atoms with Gasteiger partial charge in [0, 0.05) is 13.1 Å². The molecule has 0 amide bonds. The summed E-state index contributed by atoms with van der Waals surface area (Å²) < 4.78 is 0. The molecule has 58 valence electrons. The summed E-state index contributed by atoms with van der Waals surface area (Å²) in [6, 6.07) is 0. The minimum atomic E-state index is 0.810. The molecule has 0 atom stereocenters. The summed E-state index contributed by atoms with van der Waals surface area (Å²) in [6.07, 6.45) is 8.10. The number of allylic oxidation sites excluding steroid dienone is 1. The predicted octanol–water partition coefficient (Wildman–Crippen LogP) is 0.945. The van der Waals surface area contributed by atoms with Crippen molar-refractivity contribution in [1.29, 1.82) is 0 Å². The zero-order valence-corrected chi connectivity index (χ0v) is 6.42. The number of rotatable bonds is 3. The average molecular weight is 140 g/mol. The van der Waals surface area contributed by atoms with Crippen molar-refractivity contribution in [3.05, 3.63) is 12.3 Å². The highest BCUT2D eigenvalue weighted by atomic mass is 15.1. The van der Waals surface area contributed by atoms with Crippen molar-refractivity contribution in [3.63, 3.8) is 0 Å². The number of nitrogens with zero attached hydrogens (tertiary/aromatic N) is 1. The van der Waals surface area contributed by atoms with Crippen molar-refractivity contribution < 1.29 is 0 Å². The maximum absolute atomic E-state index is 5.39. The summed E-state index contributed by atoms with van der Waals surface area (Å²) in [7, 11) is 0. The van der Waals surface area contributed by atoms with Crippen molar-refractivity contribution in [2.24, 2.45) is 5.73 Å². The molecule has 0 saturated carbocycles. The van der Waals surface area contributed by atoms with Gasteiger partial charge in [0.1, 0.15) is 0 Å². The Balaban J connectivity index is 2.13. The third-order valence-corrected chi connectivity index (χ3v) is 1.78. The molecule has 1 aliphatic rings. The van der Waals surface area contributed by atoms with Gasteiger partial charge in [-0.1, -0.05) is 6.08 Å². The molecule has 2 heteroatoms. The normalized spacial score (nSPS) is 17.9. The molecule has 0 radical (unpaired) electrons. The van der Waals surface area contributed by atoms with Crippen LogP contribution < -0.4 is 5.73 Å². The van der Waals surface area contributed by atoms with Crippen LogP contribution in [-0.4, -0.2) is 24.5 Å². The first kappa shape index (κ1) is 7.61. The minimum absolute atomic E-state index is 0.810. The second kappa shape index (κ2) is 4.34. The first-order chi connectivity index (χ1) is 4.93. The van der Waals surface area contributed by atoms with Gasteiger partial charge in [0.05, 0.1) is 0 Å². The molecule has 0 aromatic rings. The van der Waals surface area contributed by atoms with E-state index in [1.54, 1.807) is 0 Å². The summed E-state index contributed by atoms with van der Waals surface area (Å²) in [5.41, 5.74) is 5.39. The summed E-state index contributed by atoms with van der Waals surface area (Å²) in [5, 5.41) is 0. The fraction of sp³-hybridized carbons (Fsp3) is 0.750. The standard InChI is InChI=1S/C8H16N2/c9-5-4-8-10-6-2-1-3-7-10/h2,6H,1,3-5,7-9H2. The molecule has 10 heavy (non-hydrogen) atoms. The lowest BCUT2D eigenvalue weighted by Gasteiger charge is -2.22. The Morgan fingerprint density at radius 3 is 3.00 bits per heavy atom. The van der Waals surface area contributed by atoms with Crippen LogP contribution in [0.2, 0.25) is 0 Å². The number of hydrogen-bond donors (Lipinski definition) is 1. The van der Waals surface area contributed by atoms with Gasteiger partial charge >= 0.3 is 0 Å². The fourth-order valence-corrected chi connectivity index (χ4v) is 1.19. The van der Waals surface area contributed by atoms with Gasteiger partial charge in [-0.3, -0.25) is 0 Å². The second-order valence-electron chi connectivity index (χ2n) is 2.71. The van der Waals surface area contributed by atoms with Gasteiger partial charge < -0.3 is 10.6 Å². The third-order valence-electron chi connectivity index (χ3n) is 1.78. The maximum Gasteiger partial charge on any atom is 0.0184 e. The number of hydrogen-bond acceptors (Lipinski definition) is 2. The van der Waals surface area contributed by atoms with Crippen LogP contribution >= 0.6 is 0 Å². The largest absolute Gasteiger partial charge is 0.378 e. The first-order valence-electron chi connectivity index (χ1n) is 4.04. The van der Waals surface area contributed by atoms with E-state index >= 15 is 0 Å². The third kappa shape index (κ3) is 2.40. The van der Waals surface area contributed by atoms with Gasteiger partial charge in [-0.05, 0) is 32.0 Å². The molecule has 0 aromatic heterocycles. The Morgan fingerprint density at radius 1 is 1.50 bits per heavy atom. The van der Waals surface area contributed by atoms with Crippen LogP contribution in [0.25, 0.3) is 0 Å². The molecule has 0 aliphatic carbocycles. The Kier molecular flexibility index (Phi) is 3.30. The first-order valence-corrected chi connectivity index (χ1v) is 4.04. The smallest absolute Gasteiger partial charge is 0.0184 e. The molecule has 2 nitrogen and oxygen atoms in total. The molecular formula is C8H16N2. The van der Waals surface area contributed by atoms with Gasteiger partial charge in [-0.25, -0.2) is 0 Å². The average Bonchev–Trinajstić information content (AvgIpc) is 2.03. The van der Waals surface area contributed by atoms with E-state index in [1.165, 1.54) is 19.4 Å². The number of nitrogens with two attached hydrogens (primary N) is 1. The quantitative estimate of drug-likeness (QED) is 0.632. The van der Waals surface area contributed by atoms with Crippen LogP contribution in [0.5, 0.6) is 0 Å². The van der Waals surface area contributed by atoms with Gasteiger partial charge in [0.25, 0.3) is 0 Å². The molecule has 0 unspecified atom stereocenters. The topological polar surface area (TPSA) is 29.3 Å². The van der Waals surface area contributed by atoms with E-state index in [1.807, 2.05) is 0 Å². The maximum atomic E-state index is 5.39. The molecule has 0 saturated heterocycles. The molecule has 0 spiro atoms. The summed E-state index contributed by atoms with van der Waals surface area (Å²) in [5.74, 6) is 0. The van der Waals surface area contributed by atoms with E-state index in [2.05, 4.69) is 17.2 Å². The van der Waals surface area contributed by atoms with E-state index in [0.29, 0.717) is 0 Å². The molecule has 0 bridgehead atoms. The van der Waals surface area contributed by atoms with Crippen LogP contribution in [0, 0.1) is 0 Å². The lowest BCUT2D eigenvalue weighted by atomic mass is 10.2. The summed E-state index contributed by atoms with van der Waals surface area (Å²) in [4.78, 5) is 2.34.